The third kappa shape index (κ3) is 7.10. The van der Waals surface area contributed by atoms with Crippen LogP contribution in [0.4, 0.5) is 11.4 Å². The Morgan fingerprint density at radius 2 is 1.69 bits per heavy atom. The highest BCUT2D eigenvalue weighted by atomic mass is 35.5. The van der Waals surface area contributed by atoms with Crippen molar-refractivity contribution in [3.8, 4) is 11.5 Å². The van der Waals surface area contributed by atoms with Crippen molar-refractivity contribution in [3.63, 3.8) is 0 Å². The molecule has 0 unspecified atom stereocenters. The number of hydrogen-bond donors (Lipinski definition) is 1. The first-order chi connectivity index (χ1) is 15.4. The average molecular weight is 455 g/mol. The summed E-state index contributed by atoms with van der Waals surface area (Å²) in [4.78, 5) is 34.2. The number of ether oxygens (including phenoxy) is 2. The Kier molecular flexibility index (Phi) is 7.77. The Bertz CT molecular complexity index is 1120. The molecule has 8 nitrogen and oxygen atoms in total. The van der Waals surface area contributed by atoms with E-state index in [1.54, 1.807) is 48.5 Å². The van der Waals surface area contributed by atoms with Crippen molar-refractivity contribution in [2.75, 3.05) is 5.32 Å². The summed E-state index contributed by atoms with van der Waals surface area (Å²) in [5.74, 6) is 0.111. The van der Waals surface area contributed by atoms with Gasteiger partial charge in [0.2, 0.25) is 5.91 Å². The molecule has 1 amide bonds. The van der Waals surface area contributed by atoms with Crippen molar-refractivity contribution in [1.29, 1.82) is 0 Å². The van der Waals surface area contributed by atoms with Crippen LogP contribution < -0.4 is 10.1 Å². The minimum absolute atomic E-state index is 0.0192. The van der Waals surface area contributed by atoms with Crippen molar-refractivity contribution in [2.24, 2.45) is 0 Å². The predicted molar refractivity (Wildman–Crippen MR) is 119 cm³/mol. The van der Waals surface area contributed by atoms with Gasteiger partial charge in [-0.25, -0.2) is 0 Å². The number of benzene rings is 3. The summed E-state index contributed by atoms with van der Waals surface area (Å²) in [5.41, 5.74) is 1.22. The lowest BCUT2D eigenvalue weighted by atomic mass is 10.2. The molecule has 1 N–H and O–H groups in total. The summed E-state index contributed by atoms with van der Waals surface area (Å²) in [6.07, 6.45) is -0.0833. The summed E-state index contributed by atoms with van der Waals surface area (Å²) in [7, 11) is 0. The number of halogens is 1. The van der Waals surface area contributed by atoms with Crippen LogP contribution in [0.1, 0.15) is 18.4 Å². The molecule has 0 aliphatic heterocycles. The second-order valence-corrected chi connectivity index (χ2v) is 7.16. The second kappa shape index (κ2) is 10.9. The molecule has 3 aromatic carbocycles. The Morgan fingerprint density at radius 3 is 2.41 bits per heavy atom. The van der Waals surface area contributed by atoms with Gasteiger partial charge in [-0.3, -0.25) is 19.7 Å². The van der Waals surface area contributed by atoms with E-state index in [0.717, 1.165) is 0 Å². The van der Waals surface area contributed by atoms with E-state index >= 15 is 0 Å². The zero-order valence-corrected chi connectivity index (χ0v) is 17.6. The van der Waals surface area contributed by atoms with Gasteiger partial charge in [0.05, 0.1) is 11.3 Å². The van der Waals surface area contributed by atoms with Gasteiger partial charge in [0.25, 0.3) is 5.69 Å². The topological polar surface area (TPSA) is 108 Å². The van der Waals surface area contributed by atoms with Crippen molar-refractivity contribution in [3.05, 3.63) is 93.5 Å². The highest BCUT2D eigenvalue weighted by Gasteiger charge is 2.10. The first-order valence-electron chi connectivity index (χ1n) is 9.61. The molecule has 0 atom stereocenters. The standard InChI is InChI=1S/C23H19ClN2O6/c24-17-4-2-5-18(14-17)25-22(27)11-12-23(28)31-15-16-3-1-6-21(13-16)32-20-9-7-19(8-10-20)26(29)30/h1-10,13-14H,11-12,15H2,(H,25,27). The summed E-state index contributed by atoms with van der Waals surface area (Å²) < 4.78 is 10.9. The number of carbonyl (C=O) groups is 2. The van der Waals surface area contributed by atoms with Crippen LogP contribution in [0, 0.1) is 10.1 Å². The SMILES string of the molecule is O=C(CCC(=O)OCc1cccc(Oc2ccc([N+](=O)[O-])cc2)c1)Nc1cccc(Cl)c1. The molecule has 0 saturated carbocycles. The lowest BCUT2D eigenvalue weighted by Gasteiger charge is -2.09. The number of non-ortho nitro benzene ring substituents is 1. The summed E-state index contributed by atoms with van der Waals surface area (Å²) in [6.45, 7) is 0.0200. The number of nitrogens with one attached hydrogen (secondary N) is 1. The van der Waals surface area contributed by atoms with Crippen LogP contribution in [0.3, 0.4) is 0 Å². The fourth-order valence-corrected chi connectivity index (χ4v) is 2.90. The van der Waals surface area contributed by atoms with Gasteiger partial charge in [-0.05, 0) is 48.0 Å². The molecule has 0 bridgehead atoms. The van der Waals surface area contributed by atoms with E-state index in [1.165, 1.54) is 24.3 Å². The number of nitrogens with zero attached hydrogens (tertiary/aromatic N) is 1. The van der Waals surface area contributed by atoms with Crippen molar-refractivity contribution >= 4 is 34.9 Å². The molecule has 0 spiro atoms. The molecule has 0 fully saturated rings. The van der Waals surface area contributed by atoms with E-state index in [1.807, 2.05) is 0 Å². The second-order valence-electron chi connectivity index (χ2n) is 6.72. The van der Waals surface area contributed by atoms with Crippen LogP contribution in [0.25, 0.3) is 0 Å². The fraction of sp³-hybridized carbons (Fsp3) is 0.130. The Labute approximate surface area is 188 Å². The van der Waals surface area contributed by atoms with Gasteiger partial charge in [-0.2, -0.15) is 0 Å². The molecule has 0 saturated heterocycles. The summed E-state index contributed by atoms with van der Waals surface area (Å²) in [6, 6.07) is 19.3. The first-order valence-corrected chi connectivity index (χ1v) is 9.99. The quantitative estimate of drug-likeness (QED) is 0.260. The molecule has 0 heterocycles. The Hall–Kier alpha value is -3.91. The van der Waals surface area contributed by atoms with E-state index in [9.17, 15) is 19.7 Å². The Morgan fingerprint density at radius 1 is 0.938 bits per heavy atom. The minimum atomic E-state index is -0.507. The van der Waals surface area contributed by atoms with Gasteiger partial charge >= 0.3 is 5.97 Å². The highest BCUT2D eigenvalue weighted by Crippen LogP contribution is 2.24. The van der Waals surface area contributed by atoms with E-state index < -0.39 is 10.9 Å². The number of esters is 1. The molecule has 0 aromatic heterocycles. The normalized spacial score (nSPS) is 10.3. The molecule has 0 radical (unpaired) electrons. The van der Waals surface area contributed by atoms with Crippen molar-refractivity contribution in [1.82, 2.24) is 0 Å². The zero-order chi connectivity index (χ0) is 22.9. The lowest BCUT2D eigenvalue weighted by molar-refractivity contribution is -0.384. The smallest absolute Gasteiger partial charge is 0.306 e. The lowest BCUT2D eigenvalue weighted by Crippen LogP contribution is -2.14. The highest BCUT2D eigenvalue weighted by molar-refractivity contribution is 6.30. The Balaban J connectivity index is 1.45. The maximum absolute atomic E-state index is 12.0. The summed E-state index contributed by atoms with van der Waals surface area (Å²) >= 11 is 5.87. The zero-order valence-electron chi connectivity index (χ0n) is 16.8. The van der Waals surface area contributed by atoms with E-state index in [4.69, 9.17) is 21.1 Å². The molecular formula is C23H19ClN2O6. The fourth-order valence-electron chi connectivity index (χ4n) is 2.71. The molecule has 0 aliphatic carbocycles. The maximum atomic E-state index is 12.0. The number of nitro groups is 1. The van der Waals surface area contributed by atoms with E-state index in [2.05, 4.69) is 5.32 Å². The number of rotatable bonds is 9. The van der Waals surface area contributed by atoms with Crippen LogP contribution in [0.5, 0.6) is 11.5 Å². The van der Waals surface area contributed by atoms with E-state index in [0.29, 0.717) is 27.8 Å². The van der Waals surface area contributed by atoms with Crippen LogP contribution in [-0.4, -0.2) is 16.8 Å². The van der Waals surface area contributed by atoms with Gasteiger partial charge in [0.1, 0.15) is 18.1 Å². The van der Waals surface area contributed by atoms with Crippen molar-refractivity contribution in [2.45, 2.75) is 19.4 Å². The van der Waals surface area contributed by atoms with Crippen LogP contribution in [-0.2, 0) is 20.9 Å². The number of anilines is 1. The maximum Gasteiger partial charge on any atom is 0.306 e. The third-order valence-electron chi connectivity index (χ3n) is 4.25. The predicted octanol–water partition coefficient (Wildman–Crippen LogP) is 5.50. The molecular weight excluding hydrogens is 436 g/mol. The molecule has 32 heavy (non-hydrogen) atoms. The van der Waals surface area contributed by atoms with Gasteiger partial charge in [0, 0.05) is 29.3 Å². The molecule has 3 aromatic rings. The average Bonchev–Trinajstić information content (AvgIpc) is 2.77. The van der Waals surface area contributed by atoms with Crippen LogP contribution in [0.2, 0.25) is 5.02 Å². The van der Waals surface area contributed by atoms with Crippen LogP contribution in [0.15, 0.2) is 72.8 Å². The molecule has 0 aliphatic rings. The number of amides is 1. The first kappa shape index (κ1) is 22.8. The van der Waals surface area contributed by atoms with Gasteiger partial charge in [0.15, 0.2) is 0 Å². The summed E-state index contributed by atoms with van der Waals surface area (Å²) in [5, 5.41) is 13.9. The van der Waals surface area contributed by atoms with Crippen molar-refractivity contribution < 1.29 is 24.0 Å². The minimum Gasteiger partial charge on any atom is -0.461 e. The van der Waals surface area contributed by atoms with Gasteiger partial charge in [-0.15, -0.1) is 0 Å². The van der Waals surface area contributed by atoms with E-state index in [-0.39, 0.29) is 31.0 Å². The number of hydrogen-bond acceptors (Lipinski definition) is 6. The number of carbonyl (C=O) groups excluding carboxylic acids is 2. The number of nitro benzene ring substituents is 1. The monoisotopic (exact) mass is 454 g/mol. The molecule has 164 valence electrons. The largest absolute Gasteiger partial charge is 0.461 e. The van der Waals surface area contributed by atoms with Gasteiger partial charge in [-0.1, -0.05) is 29.8 Å². The van der Waals surface area contributed by atoms with Crippen LogP contribution >= 0.6 is 11.6 Å². The van der Waals surface area contributed by atoms with Gasteiger partial charge < -0.3 is 14.8 Å². The molecule has 3 rings (SSSR count). The molecule has 9 heteroatoms. The third-order valence-corrected chi connectivity index (χ3v) is 4.48.